The minimum atomic E-state index is -4.75. The molecular weight excluding hydrogens is 946 g/mol. The number of halogens is 3. The molecule has 72 heavy (non-hydrogen) atoms. The number of anilines is 1. The van der Waals surface area contributed by atoms with Crippen LogP contribution in [-0.4, -0.2) is 183 Å². The van der Waals surface area contributed by atoms with Gasteiger partial charge in [0.1, 0.15) is 0 Å². The van der Waals surface area contributed by atoms with Gasteiger partial charge in [-0.05, 0) is 60.4 Å². The molecule has 2 aromatic carbocycles. The third-order valence-electron chi connectivity index (χ3n) is 11.0. The third kappa shape index (κ3) is 18.0. The second-order valence-corrected chi connectivity index (χ2v) is 16.0. The summed E-state index contributed by atoms with van der Waals surface area (Å²) < 4.78 is 95.3. The Kier molecular flexibility index (Phi) is 23.8. The molecule has 392 valence electrons. The van der Waals surface area contributed by atoms with E-state index in [2.05, 4.69) is 30.3 Å². The number of aliphatic hydroxyl groups excluding tert-OH is 1. The van der Waals surface area contributed by atoms with Crippen LogP contribution in [-0.2, 0) is 44.1 Å². The Morgan fingerprint density at radius 1 is 0.681 bits per heavy atom. The van der Waals surface area contributed by atoms with Crippen molar-refractivity contribution in [1.82, 2.24) is 24.8 Å². The number of aliphatic hydroxyl groups is 1. The average Bonchev–Trinajstić information content (AvgIpc) is 3.73. The highest BCUT2D eigenvalue weighted by molar-refractivity contribution is 6.04. The van der Waals surface area contributed by atoms with Gasteiger partial charge in [-0.2, -0.15) is 13.2 Å². The molecule has 1 aliphatic heterocycles. The van der Waals surface area contributed by atoms with Crippen LogP contribution in [0.5, 0.6) is 5.88 Å². The topological polar surface area (TPSA) is 207 Å². The molecule has 0 radical (unpaired) electrons. The van der Waals surface area contributed by atoms with Crippen LogP contribution in [0.15, 0.2) is 87.5 Å². The highest BCUT2D eigenvalue weighted by Gasteiger charge is 2.36. The Morgan fingerprint density at radius 3 is 1.86 bits per heavy atom. The van der Waals surface area contributed by atoms with Gasteiger partial charge in [0.2, 0.25) is 5.88 Å². The predicted molar refractivity (Wildman–Crippen MR) is 267 cm³/mol. The second kappa shape index (κ2) is 30.9. The van der Waals surface area contributed by atoms with Crippen LogP contribution in [0.2, 0.25) is 0 Å². The molecule has 0 spiro atoms. The van der Waals surface area contributed by atoms with Crippen molar-refractivity contribution in [2.75, 3.05) is 151 Å². The maximum absolute atomic E-state index is 15.0. The number of pyridine rings is 2. The van der Waals surface area contributed by atoms with Gasteiger partial charge in [0.05, 0.1) is 166 Å². The Bertz CT molecular complexity index is 2520. The van der Waals surface area contributed by atoms with Gasteiger partial charge >= 0.3 is 11.9 Å². The molecule has 0 bridgehead atoms. The molecule has 1 aliphatic rings. The first kappa shape index (κ1) is 55.5. The number of hydrogen-bond acceptors (Lipinski definition) is 17. The van der Waals surface area contributed by atoms with E-state index in [0.29, 0.717) is 146 Å². The molecule has 0 atom stereocenters. The number of hydrogen-bond donors (Lipinski definition) is 3. The molecule has 0 saturated heterocycles. The summed E-state index contributed by atoms with van der Waals surface area (Å²) >= 11 is 0. The number of alkyl halides is 3. The number of aliphatic imine (C=N–C) groups is 2. The summed E-state index contributed by atoms with van der Waals surface area (Å²) in [5.74, 6) is 0.450. The monoisotopic (exact) mass is 1010 g/mol. The fourth-order valence-corrected chi connectivity index (χ4v) is 7.46. The third-order valence-corrected chi connectivity index (χ3v) is 11.0. The summed E-state index contributed by atoms with van der Waals surface area (Å²) in [6.45, 7) is 7.97. The summed E-state index contributed by atoms with van der Waals surface area (Å²) in [5, 5.41) is 12.3. The quantitative estimate of drug-likeness (QED) is 0.0485. The Labute approximate surface area is 415 Å². The van der Waals surface area contributed by atoms with Crippen LogP contribution in [0, 0.1) is 0 Å². The van der Waals surface area contributed by atoms with Gasteiger partial charge in [-0.25, -0.2) is 9.78 Å². The lowest BCUT2D eigenvalue weighted by atomic mass is 10.0. The molecule has 0 saturated carbocycles. The fraction of sp³-hybridized carbons (Fsp3) is 0.500. The number of fused-ring (bicyclic) bond motifs is 3. The molecular formula is C50H65F3N8O11. The van der Waals surface area contributed by atoms with Crippen molar-refractivity contribution in [2.24, 2.45) is 9.98 Å². The normalized spacial score (nSPS) is 14.3. The van der Waals surface area contributed by atoms with Gasteiger partial charge in [0.15, 0.2) is 0 Å². The molecule has 4 heterocycles. The van der Waals surface area contributed by atoms with E-state index in [1.165, 1.54) is 36.3 Å². The van der Waals surface area contributed by atoms with E-state index in [1.807, 2.05) is 18.2 Å². The lowest BCUT2D eigenvalue weighted by molar-refractivity contribution is -0.137. The minimum Gasteiger partial charge on any atom is -0.481 e. The number of aromatic nitrogens is 4. The van der Waals surface area contributed by atoms with E-state index < -0.39 is 17.4 Å². The zero-order valence-electron chi connectivity index (χ0n) is 40.6. The summed E-state index contributed by atoms with van der Waals surface area (Å²) in [6.07, 6.45) is 4.79. The number of benzene rings is 2. The van der Waals surface area contributed by atoms with Gasteiger partial charge in [-0.15, -0.1) is 0 Å². The van der Waals surface area contributed by atoms with E-state index in [4.69, 9.17) is 47.7 Å². The van der Waals surface area contributed by atoms with Gasteiger partial charge in [-0.1, -0.05) is 6.07 Å². The maximum atomic E-state index is 15.0. The van der Waals surface area contributed by atoms with Gasteiger partial charge < -0.3 is 62.9 Å². The van der Waals surface area contributed by atoms with E-state index in [0.717, 1.165) is 22.8 Å². The number of allylic oxidation sites excluding steroid dienone is 1. The van der Waals surface area contributed by atoms with Crippen molar-refractivity contribution in [3.8, 4) is 22.7 Å². The zero-order chi connectivity index (χ0) is 50.6. The van der Waals surface area contributed by atoms with Gasteiger partial charge in [0.25, 0.3) is 0 Å². The summed E-state index contributed by atoms with van der Waals surface area (Å²) in [5.41, 5.74) is 2.28. The number of methoxy groups -OCH3 is 1. The first-order valence-electron chi connectivity index (χ1n) is 23.9. The summed E-state index contributed by atoms with van der Waals surface area (Å²) in [4.78, 5) is 35.7. The van der Waals surface area contributed by atoms with Crippen LogP contribution < -0.4 is 20.6 Å². The Morgan fingerprint density at radius 2 is 1.28 bits per heavy atom. The van der Waals surface area contributed by atoms with Crippen molar-refractivity contribution >= 4 is 40.2 Å². The van der Waals surface area contributed by atoms with E-state index >= 15 is 13.2 Å². The van der Waals surface area contributed by atoms with Gasteiger partial charge in [-0.3, -0.25) is 19.5 Å². The van der Waals surface area contributed by atoms with Crippen molar-refractivity contribution in [2.45, 2.75) is 19.0 Å². The lowest BCUT2D eigenvalue weighted by Crippen LogP contribution is -2.31. The molecule has 6 rings (SSSR count). The summed E-state index contributed by atoms with van der Waals surface area (Å²) in [7, 11) is 1.53. The molecule has 0 amide bonds. The number of aromatic amines is 1. The number of rotatable bonds is 31. The maximum Gasteiger partial charge on any atom is 0.418 e. The standard InChI is InChI=1S/C50H65F3N8O11/c1-64-47-9-5-40(35-58-47)39-4-7-44-42(31-39)48-45(36-57-44)59-49(63)61(48)41-6-8-46(43(32-41)50(51,52)53)60-12-10-54-33-38(34-56-37-55-11-13-60)3-2-15-65-17-19-67-21-23-69-25-27-71-29-30-72-28-26-70-24-22-68-20-18-66-16-14-62/h4-9,31-37,62H,2-3,10-30H2,1H3,(H,55,56)(H,59,63)/b38-34-,54-33?. The first-order valence-corrected chi connectivity index (χ1v) is 23.9. The molecule has 19 nitrogen and oxygen atoms in total. The molecule has 22 heteroatoms. The number of nitrogens with one attached hydrogen (secondary N) is 2. The smallest absolute Gasteiger partial charge is 0.418 e. The Hall–Kier alpha value is -5.82. The highest BCUT2D eigenvalue weighted by atomic mass is 19.4. The molecule has 0 aliphatic carbocycles. The van der Waals surface area contributed by atoms with Crippen LogP contribution in [0.4, 0.5) is 18.9 Å². The van der Waals surface area contributed by atoms with Crippen LogP contribution in [0.25, 0.3) is 38.8 Å². The molecule has 5 aromatic rings. The van der Waals surface area contributed by atoms with Crippen molar-refractivity contribution < 1.29 is 60.9 Å². The van der Waals surface area contributed by atoms with Crippen LogP contribution >= 0.6 is 0 Å². The SMILES string of the molecule is COc1ccc(-c2ccc3ncc4[nH]c(=O)n(-c5ccc(N6CCN=CN/C=C(/CCCOCCOCCOCCOCCOCCOCCOCCOCCO)C=NCC6)c(C(F)(F)F)c5)c4c3c2)cn1. The van der Waals surface area contributed by atoms with Crippen molar-refractivity contribution in [3.05, 3.63) is 88.7 Å². The first-order chi connectivity index (χ1) is 35.3. The number of imidazole rings is 1. The van der Waals surface area contributed by atoms with Crippen LogP contribution in [0.1, 0.15) is 18.4 Å². The summed E-state index contributed by atoms with van der Waals surface area (Å²) in [6, 6.07) is 13.0. The number of ether oxygens (including phenoxy) is 9. The van der Waals surface area contributed by atoms with E-state index in [1.54, 1.807) is 35.6 Å². The zero-order valence-corrected chi connectivity index (χ0v) is 40.6. The van der Waals surface area contributed by atoms with Crippen molar-refractivity contribution in [3.63, 3.8) is 0 Å². The molecule has 0 unspecified atom stereocenters. The minimum absolute atomic E-state index is 0.00349. The number of H-pyrrole nitrogens is 1. The Balaban J connectivity index is 0.897. The molecule has 0 fully saturated rings. The highest BCUT2D eigenvalue weighted by Crippen LogP contribution is 2.39. The molecule has 3 N–H and O–H groups in total. The second-order valence-electron chi connectivity index (χ2n) is 16.0. The number of nitrogens with zero attached hydrogens (tertiary/aromatic N) is 6. The largest absolute Gasteiger partial charge is 0.481 e. The molecule has 3 aromatic heterocycles. The van der Waals surface area contributed by atoms with Gasteiger partial charge in [0, 0.05) is 61.0 Å². The van der Waals surface area contributed by atoms with Crippen LogP contribution in [0.3, 0.4) is 0 Å². The van der Waals surface area contributed by atoms with E-state index in [9.17, 15) is 4.79 Å². The average molecular weight is 1010 g/mol. The van der Waals surface area contributed by atoms with E-state index in [-0.39, 0.29) is 44.2 Å². The fourth-order valence-electron chi connectivity index (χ4n) is 7.46. The predicted octanol–water partition coefficient (Wildman–Crippen LogP) is 5.25. The lowest BCUT2D eigenvalue weighted by Gasteiger charge is -2.27. The van der Waals surface area contributed by atoms with Crippen molar-refractivity contribution in [1.29, 1.82) is 0 Å².